The molecule has 2 aromatic heterocycles. The van der Waals surface area contributed by atoms with Crippen LogP contribution in [0, 0.1) is 45.3 Å². The normalized spacial score (nSPS) is 15.8. The SMILES string of the molecule is C[C@@](CO)(NCc1cc(Cl)c(O[C@H]2CCc3c(-c4cccc5c4CC[C@@H]5Oc4nc(OCc5cc(C#N)cc(C#N)c5)c(CN[C@@](C)(CO)C(=O)O)cc4Cl)cccc32)nc1OCc1cc(C#N)cc(C#N)c1)C(=O)O. The molecule has 4 aromatic carbocycles. The predicted octanol–water partition coefficient (Wildman–Crippen LogP) is 8.08. The highest BCUT2D eigenvalue weighted by atomic mass is 35.5. The average molecular weight is 1060 g/mol. The van der Waals surface area contributed by atoms with Gasteiger partial charge in [-0.15, -0.1) is 0 Å². The summed E-state index contributed by atoms with van der Waals surface area (Å²) in [5, 5.41) is 83.5. The molecule has 76 heavy (non-hydrogen) atoms. The first kappa shape index (κ1) is 54.0. The molecular formula is C56H48Cl2N8O10. The summed E-state index contributed by atoms with van der Waals surface area (Å²) in [6.45, 7) is 0.799. The molecule has 6 N–H and O–H groups in total. The van der Waals surface area contributed by atoms with Crippen molar-refractivity contribution in [2.75, 3.05) is 13.2 Å². The largest absolute Gasteiger partial charge is 0.480 e. The molecular weight excluding hydrogens is 1020 g/mol. The van der Waals surface area contributed by atoms with Crippen LogP contribution < -0.4 is 29.6 Å². The average Bonchev–Trinajstić information content (AvgIpc) is 4.05. The van der Waals surface area contributed by atoms with Gasteiger partial charge < -0.3 is 39.4 Å². The minimum atomic E-state index is -1.70. The maximum atomic E-state index is 12.0. The second-order valence-electron chi connectivity index (χ2n) is 18.7. The first-order valence-corrected chi connectivity index (χ1v) is 24.6. The molecule has 2 heterocycles. The van der Waals surface area contributed by atoms with E-state index in [0.717, 1.165) is 33.4 Å². The van der Waals surface area contributed by atoms with Gasteiger partial charge in [-0.2, -0.15) is 31.0 Å². The maximum Gasteiger partial charge on any atom is 0.326 e. The predicted molar refractivity (Wildman–Crippen MR) is 274 cm³/mol. The number of carbonyl (C=O) groups is 2. The molecule has 0 spiro atoms. The van der Waals surface area contributed by atoms with Crippen LogP contribution in [0.4, 0.5) is 0 Å². The van der Waals surface area contributed by atoms with Crippen LogP contribution in [-0.4, -0.2) is 66.6 Å². The second kappa shape index (κ2) is 23.1. The minimum absolute atomic E-state index is 0.0500. The lowest BCUT2D eigenvalue weighted by molar-refractivity contribution is -0.146. The van der Waals surface area contributed by atoms with E-state index in [2.05, 4.69) is 32.7 Å². The number of aromatic nitrogens is 2. The van der Waals surface area contributed by atoms with E-state index in [1.165, 1.54) is 26.0 Å². The number of nitrogens with zero attached hydrogens (tertiary/aromatic N) is 6. The highest BCUT2D eigenvalue weighted by molar-refractivity contribution is 6.32. The van der Waals surface area contributed by atoms with Crippen LogP contribution in [0.25, 0.3) is 11.1 Å². The molecule has 6 aromatic rings. The molecule has 8 rings (SSSR count). The number of pyridine rings is 2. The van der Waals surface area contributed by atoms with E-state index >= 15 is 0 Å². The zero-order chi connectivity index (χ0) is 54.3. The number of fused-ring (bicyclic) bond motifs is 2. The van der Waals surface area contributed by atoms with Crippen molar-refractivity contribution in [2.24, 2.45) is 0 Å². The van der Waals surface area contributed by atoms with Crippen molar-refractivity contribution >= 4 is 35.1 Å². The Balaban J connectivity index is 1.05. The fraction of sp³-hybridized carbons (Fsp3) is 0.286. The van der Waals surface area contributed by atoms with Crippen LogP contribution in [0.3, 0.4) is 0 Å². The molecule has 2 aliphatic carbocycles. The Labute approximate surface area is 446 Å². The number of aliphatic carboxylic acids is 2. The summed E-state index contributed by atoms with van der Waals surface area (Å²) in [5.74, 6) is -2.33. The molecule has 0 saturated heterocycles. The Morgan fingerprint density at radius 2 is 0.974 bits per heavy atom. The highest BCUT2D eigenvalue weighted by Crippen LogP contribution is 2.46. The number of aliphatic hydroxyl groups excluding tert-OH is 2. The van der Waals surface area contributed by atoms with Gasteiger partial charge >= 0.3 is 11.9 Å². The summed E-state index contributed by atoms with van der Waals surface area (Å²) in [6.07, 6.45) is 1.50. The van der Waals surface area contributed by atoms with E-state index in [0.29, 0.717) is 47.9 Å². The quantitative estimate of drug-likeness (QED) is 0.0397. The zero-order valence-electron chi connectivity index (χ0n) is 41.0. The van der Waals surface area contributed by atoms with Gasteiger partial charge in [0.15, 0.2) is 0 Å². The second-order valence-corrected chi connectivity index (χ2v) is 19.5. The number of rotatable bonds is 21. The summed E-state index contributed by atoms with van der Waals surface area (Å²) in [4.78, 5) is 33.4. The third-order valence-electron chi connectivity index (χ3n) is 13.4. The molecule has 0 bridgehead atoms. The molecule has 20 heteroatoms. The summed E-state index contributed by atoms with van der Waals surface area (Å²) in [7, 11) is 0. The van der Waals surface area contributed by atoms with Gasteiger partial charge in [0.2, 0.25) is 23.5 Å². The van der Waals surface area contributed by atoms with Crippen molar-refractivity contribution in [3.63, 3.8) is 0 Å². The van der Waals surface area contributed by atoms with Crippen LogP contribution in [0.2, 0.25) is 10.0 Å². The number of halogens is 2. The molecule has 0 aliphatic heterocycles. The molecule has 0 amide bonds. The third kappa shape index (κ3) is 11.6. The zero-order valence-corrected chi connectivity index (χ0v) is 42.5. The number of nitriles is 4. The lowest BCUT2D eigenvalue weighted by Crippen LogP contribution is -2.52. The van der Waals surface area contributed by atoms with Gasteiger partial charge in [-0.3, -0.25) is 20.2 Å². The molecule has 0 fully saturated rings. The number of nitrogens with one attached hydrogen (secondary N) is 2. The molecule has 2 aliphatic rings. The Morgan fingerprint density at radius 3 is 1.30 bits per heavy atom. The molecule has 0 radical (unpaired) electrons. The van der Waals surface area contributed by atoms with Gasteiger partial charge in [0.05, 0.1) is 59.7 Å². The number of hydrogen-bond acceptors (Lipinski definition) is 16. The van der Waals surface area contributed by atoms with Gasteiger partial charge in [0.1, 0.15) is 46.5 Å². The van der Waals surface area contributed by atoms with Crippen molar-refractivity contribution in [2.45, 2.75) is 89.1 Å². The standard InChI is InChI=1S/C56H48Cl2N8O10/c1-55(29-67,53(69)70)63-25-37-19-45(57)51(65-49(37)73-27-35-15-31(21-59)13-32(16-35)22-60)75-47-11-9-41-39(5-3-7-43(41)47)40-6-4-8-44-42(40)10-12-48(44)76-52-46(58)20-38(26-64-56(2,30-68)54(71)72)50(66-52)74-28-36-17-33(23-61)14-34(18-36)24-62/h3-8,13-20,47-48,63-64,67-68H,9-12,25-30H2,1-2H3,(H,69,70)(H,71,72)/t47-,48-,55-,56-/m0/s1. The molecule has 386 valence electrons. The van der Waals surface area contributed by atoms with Crippen molar-refractivity contribution in [3.05, 3.63) is 162 Å². The first-order chi connectivity index (χ1) is 36.5. The maximum absolute atomic E-state index is 12.0. The molecule has 0 saturated carbocycles. The Hall–Kier alpha value is -8.30. The van der Waals surface area contributed by atoms with Crippen molar-refractivity contribution in [1.82, 2.24) is 20.6 Å². The molecule has 4 atom stereocenters. The lowest BCUT2D eigenvalue weighted by atomic mass is 9.91. The molecule has 0 unspecified atom stereocenters. The van der Waals surface area contributed by atoms with Gasteiger partial charge in [0.25, 0.3) is 0 Å². The van der Waals surface area contributed by atoms with Crippen molar-refractivity contribution < 1.29 is 49.0 Å². The summed E-state index contributed by atoms with van der Waals surface area (Å²) >= 11 is 13.7. The first-order valence-electron chi connectivity index (χ1n) is 23.8. The lowest BCUT2D eigenvalue weighted by Gasteiger charge is -2.24. The van der Waals surface area contributed by atoms with Crippen LogP contribution in [0.15, 0.2) is 84.9 Å². The minimum Gasteiger partial charge on any atom is -0.480 e. The number of ether oxygens (including phenoxy) is 4. The van der Waals surface area contributed by atoms with E-state index < -0.39 is 48.4 Å². The number of carboxylic acids is 2. The van der Waals surface area contributed by atoms with Gasteiger partial charge in [0, 0.05) is 24.2 Å². The van der Waals surface area contributed by atoms with Gasteiger partial charge in [-0.25, -0.2) is 0 Å². The molecule has 18 nitrogen and oxygen atoms in total. The summed E-state index contributed by atoms with van der Waals surface area (Å²) < 4.78 is 25.5. The number of benzene rings is 4. The topological polar surface area (TPSA) is 297 Å². The number of aliphatic hydroxyl groups is 2. The number of hydrogen-bond donors (Lipinski definition) is 6. The van der Waals surface area contributed by atoms with E-state index in [9.17, 15) is 51.1 Å². The fourth-order valence-electron chi connectivity index (χ4n) is 9.00. The van der Waals surface area contributed by atoms with E-state index in [-0.39, 0.29) is 82.1 Å². The van der Waals surface area contributed by atoms with Crippen LogP contribution in [0.5, 0.6) is 23.5 Å². The fourth-order valence-corrected chi connectivity index (χ4v) is 9.44. The Bertz CT molecular complexity index is 3150. The third-order valence-corrected chi connectivity index (χ3v) is 13.9. The van der Waals surface area contributed by atoms with E-state index in [4.69, 9.17) is 42.1 Å². The van der Waals surface area contributed by atoms with Gasteiger partial charge in [-0.05, 0) is 133 Å². The Morgan fingerprint density at radius 1 is 0.605 bits per heavy atom. The number of carboxylic acid groups (broad SMARTS) is 2. The van der Waals surface area contributed by atoms with Crippen LogP contribution in [0.1, 0.15) is 106 Å². The monoisotopic (exact) mass is 1060 g/mol. The van der Waals surface area contributed by atoms with Crippen LogP contribution >= 0.6 is 23.2 Å². The highest BCUT2D eigenvalue weighted by Gasteiger charge is 2.35. The van der Waals surface area contributed by atoms with E-state index in [1.807, 2.05) is 48.5 Å². The summed E-state index contributed by atoms with van der Waals surface area (Å²) in [5.41, 5.74) is 5.41. The Kier molecular flexibility index (Phi) is 16.4. The van der Waals surface area contributed by atoms with Crippen molar-refractivity contribution in [1.29, 1.82) is 21.0 Å². The van der Waals surface area contributed by atoms with Crippen molar-refractivity contribution in [3.8, 4) is 58.9 Å². The van der Waals surface area contributed by atoms with Crippen LogP contribution in [-0.2, 0) is 48.7 Å². The van der Waals surface area contributed by atoms with E-state index in [1.54, 1.807) is 36.4 Å². The smallest absolute Gasteiger partial charge is 0.326 e. The van der Waals surface area contributed by atoms with Gasteiger partial charge in [-0.1, -0.05) is 59.6 Å². The summed E-state index contributed by atoms with van der Waals surface area (Å²) in [6, 6.07) is 32.5.